The highest BCUT2D eigenvalue weighted by Crippen LogP contribution is 2.44. The number of carbonyl (C=O) groups excluding carboxylic acids is 1. The quantitative estimate of drug-likeness (QED) is 0.218. The van der Waals surface area contributed by atoms with Gasteiger partial charge in [0.25, 0.3) is 0 Å². The molecule has 0 bridgehead atoms. The Bertz CT molecular complexity index is 1550. The molecule has 1 amide bonds. The van der Waals surface area contributed by atoms with E-state index >= 15 is 0 Å². The summed E-state index contributed by atoms with van der Waals surface area (Å²) in [5.74, 6) is 0.656. The molecule has 2 aliphatic heterocycles. The molecule has 3 N–H and O–H groups in total. The van der Waals surface area contributed by atoms with E-state index in [1.165, 1.54) is 15.3 Å². The topological polar surface area (TPSA) is 75.3 Å². The highest BCUT2D eigenvalue weighted by Gasteiger charge is 2.21. The number of amides is 1. The Morgan fingerprint density at radius 2 is 1.77 bits per heavy atom. The van der Waals surface area contributed by atoms with Crippen molar-refractivity contribution in [2.45, 2.75) is 38.4 Å². The molecular formula is C31H30Cl2N4O2S. The molecule has 206 valence electrons. The van der Waals surface area contributed by atoms with E-state index in [4.69, 9.17) is 32.9 Å². The second-order valence-electron chi connectivity index (χ2n) is 10.1. The number of ether oxygens (including phenoxy) is 1. The first-order valence-electron chi connectivity index (χ1n) is 13.5. The summed E-state index contributed by atoms with van der Waals surface area (Å²) in [5, 5.41) is 11.1. The third kappa shape index (κ3) is 5.49. The van der Waals surface area contributed by atoms with Gasteiger partial charge >= 0.3 is 0 Å². The number of nitrogens with zero attached hydrogens (tertiary/aromatic N) is 1. The Kier molecular flexibility index (Phi) is 8.10. The lowest BCUT2D eigenvalue weighted by atomic mass is 9.98. The minimum atomic E-state index is 0.116. The van der Waals surface area contributed by atoms with Crippen LogP contribution in [-0.2, 0) is 24.3 Å². The molecule has 4 heterocycles. The lowest BCUT2D eigenvalue weighted by Gasteiger charge is -2.15. The molecular weight excluding hydrogens is 563 g/mol. The van der Waals surface area contributed by atoms with E-state index in [0.29, 0.717) is 35.4 Å². The average molecular weight is 594 g/mol. The van der Waals surface area contributed by atoms with Crippen LogP contribution in [0.5, 0.6) is 5.88 Å². The average Bonchev–Trinajstić information content (AvgIpc) is 3.59. The molecule has 1 atom stereocenters. The lowest BCUT2D eigenvalue weighted by molar-refractivity contribution is -0.119. The molecule has 0 unspecified atom stereocenters. The molecule has 0 saturated carbocycles. The van der Waals surface area contributed by atoms with Gasteiger partial charge in [0.05, 0.1) is 22.8 Å². The fourth-order valence-corrected chi connectivity index (χ4v) is 7.32. The van der Waals surface area contributed by atoms with E-state index in [0.717, 1.165) is 59.4 Å². The number of methoxy groups -OCH3 is 1. The van der Waals surface area contributed by atoms with Gasteiger partial charge in [0.1, 0.15) is 0 Å². The molecule has 6 nitrogen and oxygen atoms in total. The zero-order chi connectivity index (χ0) is 27.6. The molecule has 40 heavy (non-hydrogen) atoms. The third-order valence-electron chi connectivity index (χ3n) is 7.49. The molecule has 2 aliphatic rings. The Hall–Kier alpha value is -2.94. The Morgan fingerprint density at radius 3 is 2.50 bits per heavy atom. The zero-order valence-corrected chi connectivity index (χ0v) is 24.5. The second kappa shape index (κ2) is 11.9. The van der Waals surface area contributed by atoms with Crippen LogP contribution in [0.15, 0.2) is 54.6 Å². The van der Waals surface area contributed by atoms with Gasteiger partial charge in [-0.1, -0.05) is 65.7 Å². The standard InChI is InChI=1S/C31H30Cl2N4O2S/c1-39-31-18(15-35-17-20-9-11-28(38)36-20)8-10-25(37-31)23-6-2-4-21(29(23)32)22-5-3-7-24(30(22)33)27-14-19-16-34-13-12-26(19)40-27/h2-8,10,14,20,34-35H,9,11-13,15-17H2,1H3,(H,36,38)/t20-/m0/s1. The van der Waals surface area contributed by atoms with E-state index in [1.54, 1.807) is 7.11 Å². The molecule has 0 spiro atoms. The summed E-state index contributed by atoms with van der Waals surface area (Å²) in [7, 11) is 1.62. The summed E-state index contributed by atoms with van der Waals surface area (Å²) in [6.07, 6.45) is 2.50. The summed E-state index contributed by atoms with van der Waals surface area (Å²) in [5.41, 5.74) is 6.60. The number of nitrogens with one attached hydrogen (secondary N) is 3. The number of thiophene rings is 1. The van der Waals surface area contributed by atoms with Crippen molar-refractivity contribution in [3.8, 4) is 38.7 Å². The Balaban J connectivity index is 1.27. The van der Waals surface area contributed by atoms with Crippen molar-refractivity contribution in [3.05, 3.63) is 80.6 Å². The van der Waals surface area contributed by atoms with Crippen molar-refractivity contribution in [2.24, 2.45) is 0 Å². The van der Waals surface area contributed by atoms with Gasteiger partial charge in [-0.15, -0.1) is 11.3 Å². The molecule has 0 radical (unpaired) electrons. The van der Waals surface area contributed by atoms with Crippen LogP contribution in [-0.4, -0.2) is 37.1 Å². The summed E-state index contributed by atoms with van der Waals surface area (Å²) in [6.45, 7) is 3.21. The minimum Gasteiger partial charge on any atom is -0.481 e. The predicted molar refractivity (Wildman–Crippen MR) is 163 cm³/mol. The van der Waals surface area contributed by atoms with Crippen molar-refractivity contribution < 1.29 is 9.53 Å². The van der Waals surface area contributed by atoms with Crippen molar-refractivity contribution in [1.29, 1.82) is 0 Å². The smallest absolute Gasteiger partial charge is 0.220 e. The molecule has 0 aliphatic carbocycles. The normalized spacial score (nSPS) is 16.6. The van der Waals surface area contributed by atoms with Crippen molar-refractivity contribution in [3.63, 3.8) is 0 Å². The van der Waals surface area contributed by atoms with Crippen molar-refractivity contribution in [2.75, 3.05) is 20.2 Å². The van der Waals surface area contributed by atoms with Gasteiger partial charge in [-0.25, -0.2) is 4.98 Å². The number of carbonyl (C=O) groups is 1. The number of hydrogen-bond acceptors (Lipinski definition) is 6. The molecule has 1 fully saturated rings. The van der Waals surface area contributed by atoms with Gasteiger partial charge in [-0.2, -0.15) is 0 Å². The van der Waals surface area contributed by atoms with Crippen LogP contribution in [0.2, 0.25) is 10.0 Å². The number of fused-ring (bicyclic) bond motifs is 1. The lowest BCUT2D eigenvalue weighted by Crippen LogP contribution is -2.35. The number of pyridine rings is 1. The second-order valence-corrected chi connectivity index (χ2v) is 12.0. The monoisotopic (exact) mass is 592 g/mol. The molecule has 6 rings (SSSR count). The number of halogens is 2. The predicted octanol–water partition coefficient (Wildman–Crippen LogP) is 6.47. The first kappa shape index (κ1) is 27.2. The van der Waals surface area contributed by atoms with Gasteiger partial charge in [0.15, 0.2) is 0 Å². The third-order valence-corrected chi connectivity index (χ3v) is 9.58. The highest BCUT2D eigenvalue weighted by atomic mass is 35.5. The van der Waals surface area contributed by atoms with Crippen LogP contribution >= 0.6 is 34.5 Å². The SMILES string of the molecule is COc1nc(-c2cccc(-c3cccc(-c4cc5c(s4)CCNC5)c3Cl)c2Cl)ccc1CNC[C@@H]1CCC(=O)N1. The summed E-state index contributed by atoms with van der Waals surface area (Å²) < 4.78 is 5.63. The van der Waals surface area contributed by atoms with E-state index in [9.17, 15) is 4.79 Å². The molecule has 2 aromatic heterocycles. The first-order chi connectivity index (χ1) is 19.5. The Morgan fingerprint density at radius 1 is 1.02 bits per heavy atom. The van der Waals surface area contributed by atoms with Crippen LogP contribution in [0.3, 0.4) is 0 Å². The molecule has 4 aromatic rings. The first-order valence-corrected chi connectivity index (χ1v) is 15.0. The van der Waals surface area contributed by atoms with Crippen molar-refractivity contribution >= 4 is 40.4 Å². The Labute approximate surface area is 248 Å². The largest absolute Gasteiger partial charge is 0.481 e. The van der Waals surface area contributed by atoms with E-state index in [-0.39, 0.29) is 11.9 Å². The maximum Gasteiger partial charge on any atom is 0.220 e. The summed E-state index contributed by atoms with van der Waals surface area (Å²) >= 11 is 15.9. The highest BCUT2D eigenvalue weighted by molar-refractivity contribution is 7.15. The van der Waals surface area contributed by atoms with E-state index < -0.39 is 0 Å². The molecule has 2 aromatic carbocycles. The fourth-order valence-electron chi connectivity index (χ4n) is 5.40. The van der Waals surface area contributed by atoms with Gasteiger partial charge in [-0.3, -0.25) is 4.79 Å². The van der Waals surface area contributed by atoms with Crippen LogP contribution in [0.4, 0.5) is 0 Å². The number of hydrogen-bond donors (Lipinski definition) is 3. The van der Waals surface area contributed by atoms with Crippen molar-refractivity contribution in [1.82, 2.24) is 20.9 Å². The molecule has 9 heteroatoms. The molecule has 1 saturated heterocycles. The summed E-state index contributed by atoms with van der Waals surface area (Å²) in [4.78, 5) is 18.9. The maximum atomic E-state index is 11.5. The number of benzene rings is 2. The van der Waals surface area contributed by atoms with Crippen LogP contribution in [0.25, 0.3) is 32.8 Å². The van der Waals surface area contributed by atoms with Crippen LogP contribution in [0.1, 0.15) is 28.8 Å². The van der Waals surface area contributed by atoms with Gasteiger partial charge in [-0.05, 0) is 30.5 Å². The van der Waals surface area contributed by atoms with Gasteiger partial charge in [0.2, 0.25) is 11.8 Å². The van der Waals surface area contributed by atoms with E-state index in [2.05, 4.69) is 28.1 Å². The number of aromatic nitrogens is 1. The maximum absolute atomic E-state index is 11.5. The summed E-state index contributed by atoms with van der Waals surface area (Å²) in [6, 6.07) is 18.5. The number of rotatable bonds is 8. The van der Waals surface area contributed by atoms with Crippen LogP contribution < -0.4 is 20.7 Å². The van der Waals surface area contributed by atoms with E-state index in [1.807, 2.05) is 53.8 Å². The zero-order valence-electron chi connectivity index (χ0n) is 22.2. The fraction of sp³-hybridized carbons (Fsp3) is 0.290. The van der Waals surface area contributed by atoms with Crippen LogP contribution in [0, 0.1) is 0 Å². The minimum absolute atomic E-state index is 0.116. The van der Waals surface area contributed by atoms with Gasteiger partial charge < -0.3 is 20.7 Å². The van der Waals surface area contributed by atoms with Gasteiger partial charge in [0, 0.05) is 76.2 Å².